The van der Waals surface area contributed by atoms with E-state index in [0.29, 0.717) is 37.6 Å². The number of piperidine rings is 1. The van der Waals surface area contributed by atoms with Crippen molar-refractivity contribution in [1.82, 2.24) is 15.1 Å². The van der Waals surface area contributed by atoms with Crippen LogP contribution in [0.5, 0.6) is 0 Å². The topological polar surface area (TPSA) is 59.2 Å². The third kappa shape index (κ3) is 5.27. The standard InChI is InChI=1S/C19H22F3N3O2S/c1-12(2)28-15-5-3-13(4-6-15)11-16(26)25-9-7-14(8-10-25)17-23-24-18(27-17)19(20,21)22/h3-6,12,14H,7-11H2,1-2H3. The molecule has 9 heteroatoms. The number of aromatic nitrogens is 2. The Morgan fingerprint density at radius 1 is 1.21 bits per heavy atom. The molecule has 1 saturated heterocycles. The van der Waals surface area contributed by atoms with Crippen LogP contribution in [0.3, 0.4) is 0 Å². The second kappa shape index (κ2) is 8.55. The summed E-state index contributed by atoms with van der Waals surface area (Å²) in [7, 11) is 0. The maximum atomic E-state index is 12.6. The zero-order valence-electron chi connectivity index (χ0n) is 15.7. The number of carbonyl (C=O) groups excluding carboxylic acids is 1. The fourth-order valence-corrected chi connectivity index (χ4v) is 3.97. The molecule has 1 fully saturated rings. The number of alkyl halides is 3. The number of halogens is 3. The van der Waals surface area contributed by atoms with Gasteiger partial charge in [-0.2, -0.15) is 13.2 Å². The smallest absolute Gasteiger partial charge is 0.417 e. The molecule has 0 unspecified atom stereocenters. The van der Waals surface area contributed by atoms with Gasteiger partial charge in [-0.25, -0.2) is 0 Å². The van der Waals surface area contributed by atoms with Crippen LogP contribution in [0.2, 0.25) is 0 Å². The molecule has 0 saturated carbocycles. The third-order valence-electron chi connectivity index (χ3n) is 4.53. The lowest BCUT2D eigenvalue weighted by Gasteiger charge is -2.30. The molecule has 1 aliphatic rings. The fraction of sp³-hybridized carbons (Fsp3) is 0.526. The number of amides is 1. The van der Waals surface area contributed by atoms with Gasteiger partial charge in [0, 0.05) is 29.2 Å². The number of benzene rings is 1. The molecule has 1 aliphatic heterocycles. The Morgan fingerprint density at radius 2 is 1.86 bits per heavy atom. The van der Waals surface area contributed by atoms with E-state index in [0.717, 1.165) is 5.56 Å². The van der Waals surface area contributed by atoms with Crippen LogP contribution in [0, 0.1) is 0 Å². The van der Waals surface area contributed by atoms with Crippen LogP contribution < -0.4 is 0 Å². The van der Waals surface area contributed by atoms with Gasteiger partial charge in [-0.3, -0.25) is 4.79 Å². The van der Waals surface area contributed by atoms with E-state index in [1.54, 1.807) is 16.7 Å². The molecule has 0 aliphatic carbocycles. The molecular formula is C19H22F3N3O2S. The third-order valence-corrected chi connectivity index (χ3v) is 5.55. The quantitative estimate of drug-likeness (QED) is 0.674. The van der Waals surface area contributed by atoms with Crippen molar-refractivity contribution < 1.29 is 22.4 Å². The molecule has 2 heterocycles. The van der Waals surface area contributed by atoms with E-state index in [4.69, 9.17) is 4.42 Å². The molecular weight excluding hydrogens is 391 g/mol. The minimum absolute atomic E-state index is 0.00216. The molecule has 0 radical (unpaired) electrons. The van der Waals surface area contributed by atoms with Crippen molar-refractivity contribution in [3.05, 3.63) is 41.6 Å². The largest absolute Gasteiger partial charge is 0.470 e. The van der Waals surface area contributed by atoms with Crippen LogP contribution in [0.4, 0.5) is 13.2 Å². The van der Waals surface area contributed by atoms with Crippen LogP contribution in [-0.4, -0.2) is 39.3 Å². The van der Waals surface area contributed by atoms with Gasteiger partial charge in [-0.15, -0.1) is 22.0 Å². The molecule has 0 atom stereocenters. The van der Waals surface area contributed by atoms with E-state index in [-0.39, 0.29) is 17.7 Å². The Bertz CT molecular complexity index is 798. The van der Waals surface area contributed by atoms with Gasteiger partial charge in [0.05, 0.1) is 6.42 Å². The average molecular weight is 413 g/mol. The fourth-order valence-electron chi connectivity index (χ4n) is 3.13. The van der Waals surface area contributed by atoms with Crippen LogP contribution in [0.15, 0.2) is 33.6 Å². The minimum atomic E-state index is -4.63. The SMILES string of the molecule is CC(C)Sc1ccc(CC(=O)N2CCC(c3nnc(C(F)(F)F)o3)CC2)cc1. The summed E-state index contributed by atoms with van der Waals surface area (Å²) < 4.78 is 42.5. The molecule has 0 bridgehead atoms. The Balaban J connectivity index is 1.51. The van der Waals surface area contributed by atoms with Gasteiger partial charge < -0.3 is 9.32 Å². The molecule has 1 aromatic heterocycles. The first-order valence-electron chi connectivity index (χ1n) is 9.16. The van der Waals surface area contributed by atoms with Gasteiger partial charge in [0.1, 0.15) is 0 Å². The summed E-state index contributed by atoms with van der Waals surface area (Å²) in [5, 5.41) is 7.10. The lowest BCUT2D eigenvalue weighted by atomic mass is 9.96. The first-order valence-corrected chi connectivity index (χ1v) is 10.0. The number of carbonyl (C=O) groups is 1. The van der Waals surface area contributed by atoms with Gasteiger partial charge in [0.25, 0.3) is 0 Å². The highest BCUT2D eigenvalue weighted by Crippen LogP contribution is 2.32. The van der Waals surface area contributed by atoms with E-state index in [9.17, 15) is 18.0 Å². The Morgan fingerprint density at radius 3 is 2.39 bits per heavy atom. The van der Waals surface area contributed by atoms with Gasteiger partial charge in [-0.05, 0) is 30.5 Å². The highest BCUT2D eigenvalue weighted by Gasteiger charge is 2.39. The lowest BCUT2D eigenvalue weighted by Crippen LogP contribution is -2.38. The number of nitrogens with zero attached hydrogens (tertiary/aromatic N) is 3. The molecule has 0 spiro atoms. The predicted octanol–water partition coefficient (Wildman–Crippen LogP) is 4.54. The van der Waals surface area contributed by atoms with E-state index in [2.05, 4.69) is 24.0 Å². The normalized spacial score (nSPS) is 16.0. The number of hydrogen-bond donors (Lipinski definition) is 0. The molecule has 152 valence electrons. The van der Waals surface area contributed by atoms with Crippen molar-refractivity contribution in [2.75, 3.05) is 13.1 Å². The molecule has 3 rings (SSSR count). The molecule has 28 heavy (non-hydrogen) atoms. The number of thioether (sulfide) groups is 1. The van der Waals surface area contributed by atoms with Crippen LogP contribution in [0.25, 0.3) is 0 Å². The van der Waals surface area contributed by atoms with Crippen LogP contribution in [-0.2, 0) is 17.4 Å². The van der Waals surface area contributed by atoms with Crippen molar-refractivity contribution in [1.29, 1.82) is 0 Å². The molecule has 1 amide bonds. The van der Waals surface area contributed by atoms with Gasteiger partial charge in [-0.1, -0.05) is 26.0 Å². The predicted molar refractivity (Wildman–Crippen MR) is 99.0 cm³/mol. The second-order valence-corrected chi connectivity index (χ2v) is 8.74. The summed E-state index contributed by atoms with van der Waals surface area (Å²) >= 11 is 1.77. The lowest BCUT2D eigenvalue weighted by molar-refractivity contribution is -0.157. The Hall–Kier alpha value is -2.03. The van der Waals surface area contributed by atoms with Crippen LogP contribution >= 0.6 is 11.8 Å². The van der Waals surface area contributed by atoms with Crippen LogP contribution in [0.1, 0.15) is 50.0 Å². The molecule has 2 aromatic rings. The molecule has 5 nitrogen and oxygen atoms in total. The first-order chi connectivity index (χ1) is 13.2. The summed E-state index contributed by atoms with van der Waals surface area (Å²) in [6.45, 7) is 5.19. The highest BCUT2D eigenvalue weighted by molar-refractivity contribution is 7.99. The molecule has 1 aromatic carbocycles. The van der Waals surface area contributed by atoms with Gasteiger partial charge >= 0.3 is 12.1 Å². The Kier molecular flexibility index (Phi) is 6.32. The summed E-state index contributed by atoms with van der Waals surface area (Å²) in [6, 6.07) is 7.97. The molecule has 0 N–H and O–H groups in total. The van der Waals surface area contributed by atoms with Gasteiger partial charge in [0.15, 0.2) is 0 Å². The van der Waals surface area contributed by atoms with E-state index >= 15 is 0 Å². The van der Waals surface area contributed by atoms with Crippen molar-refractivity contribution in [3.8, 4) is 0 Å². The number of likely N-dealkylation sites (tertiary alicyclic amines) is 1. The zero-order chi connectivity index (χ0) is 20.3. The highest BCUT2D eigenvalue weighted by atomic mass is 32.2. The monoisotopic (exact) mass is 413 g/mol. The van der Waals surface area contributed by atoms with E-state index < -0.39 is 12.1 Å². The summed E-state index contributed by atoms with van der Waals surface area (Å²) in [6.07, 6.45) is -3.30. The van der Waals surface area contributed by atoms with Crippen molar-refractivity contribution in [2.24, 2.45) is 0 Å². The average Bonchev–Trinajstić information content (AvgIpc) is 3.14. The van der Waals surface area contributed by atoms with E-state index in [1.165, 1.54) is 4.90 Å². The van der Waals surface area contributed by atoms with Gasteiger partial charge in [0.2, 0.25) is 11.8 Å². The van der Waals surface area contributed by atoms with Crippen molar-refractivity contribution >= 4 is 17.7 Å². The maximum Gasteiger partial charge on any atom is 0.470 e. The summed E-state index contributed by atoms with van der Waals surface area (Å²) in [5.74, 6) is -1.55. The maximum absolute atomic E-state index is 12.6. The summed E-state index contributed by atoms with van der Waals surface area (Å²) in [5.41, 5.74) is 0.951. The summed E-state index contributed by atoms with van der Waals surface area (Å²) in [4.78, 5) is 15.4. The van der Waals surface area contributed by atoms with Crippen molar-refractivity contribution in [2.45, 2.75) is 55.3 Å². The Labute approximate surface area is 165 Å². The number of hydrogen-bond acceptors (Lipinski definition) is 5. The zero-order valence-corrected chi connectivity index (χ0v) is 16.5. The second-order valence-electron chi connectivity index (χ2n) is 7.09. The van der Waals surface area contributed by atoms with Crippen molar-refractivity contribution in [3.63, 3.8) is 0 Å². The first kappa shape index (κ1) is 20.7. The number of rotatable bonds is 5. The minimum Gasteiger partial charge on any atom is -0.417 e. The van der Waals surface area contributed by atoms with E-state index in [1.807, 2.05) is 24.3 Å².